The van der Waals surface area contributed by atoms with Crippen molar-refractivity contribution in [1.82, 2.24) is 10.2 Å². The van der Waals surface area contributed by atoms with Crippen molar-refractivity contribution < 1.29 is 28.7 Å². The second kappa shape index (κ2) is 10.0. The van der Waals surface area contributed by atoms with Crippen molar-refractivity contribution in [3.63, 3.8) is 0 Å². The standard InChI is InChI=1S/C21H21ClN2O6S/c1-12-11-31-19-14(20(27)30-10-13-6-4-3-5-7-13)8-15(23-16(25)9-22)18(26)24(19)17(12)21(28)29-2/h3-7,15H,8-11H2,1-2H3,(H,23,25). The summed E-state index contributed by atoms with van der Waals surface area (Å²) in [5.74, 6) is -2.38. The van der Waals surface area contributed by atoms with Gasteiger partial charge in [0.15, 0.2) is 0 Å². The molecule has 1 unspecified atom stereocenters. The van der Waals surface area contributed by atoms with Crippen LogP contribution in [-0.4, -0.2) is 53.4 Å². The van der Waals surface area contributed by atoms with E-state index in [2.05, 4.69) is 5.32 Å². The number of fused-ring (bicyclic) bond motifs is 1. The van der Waals surface area contributed by atoms with E-state index in [0.29, 0.717) is 16.4 Å². The number of esters is 2. The Balaban J connectivity index is 1.97. The average Bonchev–Trinajstić information content (AvgIpc) is 2.79. The van der Waals surface area contributed by atoms with Gasteiger partial charge in [0.25, 0.3) is 5.91 Å². The van der Waals surface area contributed by atoms with Gasteiger partial charge in [-0.2, -0.15) is 0 Å². The Labute approximate surface area is 188 Å². The Bertz CT molecular complexity index is 975. The first kappa shape index (κ1) is 22.9. The zero-order chi connectivity index (χ0) is 22.5. The summed E-state index contributed by atoms with van der Waals surface area (Å²) in [5.41, 5.74) is 1.67. The second-order valence-corrected chi connectivity index (χ2v) is 8.12. The normalized spacial score (nSPS) is 18.5. The quantitative estimate of drug-likeness (QED) is 0.508. The highest BCUT2D eigenvalue weighted by atomic mass is 35.5. The van der Waals surface area contributed by atoms with E-state index in [1.54, 1.807) is 6.92 Å². The number of methoxy groups -OCH3 is 1. The molecule has 0 saturated heterocycles. The van der Waals surface area contributed by atoms with Crippen LogP contribution in [0.3, 0.4) is 0 Å². The number of alkyl halides is 1. The minimum atomic E-state index is -1.07. The van der Waals surface area contributed by atoms with Crippen LogP contribution in [0.15, 0.2) is 52.2 Å². The summed E-state index contributed by atoms with van der Waals surface area (Å²) in [6.45, 7) is 1.75. The van der Waals surface area contributed by atoms with Crippen LogP contribution in [0.4, 0.5) is 0 Å². The highest BCUT2D eigenvalue weighted by Crippen LogP contribution is 2.41. The third-order valence-corrected chi connectivity index (χ3v) is 6.26. The predicted octanol–water partition coefficient (Wildman–Crippen LogP) is 2.09. The number of carbonyl (C=O) groups is 4. The van der Waals surface area contributed by atoms with Gasteiger partial charge in [-0.3, -0.25) is 14.5 Å². The third-order valence-electron chi connectivity index (χ3n) is 4.74. The summed E-state index contributed by atoms with van der Waals surface area (Å²) in [4.78, 5) is 51.5. The van der Waals surface area contributed by atoms with Crippen LogP contribution in [0.2, 0.25) is 0 Å². The molecular weight excluding hydrogens is 444 g/mol. The zero-order valence-corrected chi connectivity index (χ0v) is 18.5. The Hall–Kier alpha value is -2.78. The number of nitrogens with zero attached hydrogens (tertiary/aromatic N) is 1. The lowest BCUT2D eigenvalue weighted by molar-refractivity contribution is -0.144. The largest absolute Gasteiger partial charge is 0.464 e. The monoisotopic (exact) mass is 464 g/mol. The summed E-state index contributed by atoms with van der Waals surface area (Å²) >= 11 is 6.82. The number of nitrogens with one attached hydrogen (secondary N) is 1. The predicted molar refractivity (Wildman–Crippen MR) is 115 cm³/mol. The molecule has 0 spiro atoms. The number of halogens is 1. The maximum atomic E-state index is 13.2. The first-order valence-electron chi connectivity index (χ1n) is 9.41. The van der Waals surface area contributed by atoms with Gasteiger partial charge in [0.05, 0.1) is 17.7 Å². The highest BCUT2D eigenvalue weighted by molar-refractivity contribution is 8.03. The molecule has 3 rings (SSSR count). The molecule has 0 aromatic heterocycles. The van der Waals surface area contributed by atoms with Crippen LogP contribution in [0.25, 0.3) is 0 Å². The van der Waals surface area contributed by atoms with Crippen LogP contribution in [0, 0.1) is 0 Å². The van der Waals surface area contributed by atoms with Crippen molar-refractivity contribution >= 4 is 47.1 Å². The van der Waals surface area contributed by atoms with Crippen molar-refractivity contribution in [2.75, 3.05) is 18.7 Å². The van der Waals surface area contributed by atoms with Crippen LogP contribution in [-0.2, 0) is 35.3 Å². The summed E-state index contributed by atoms with van der Waals surface area (Å²) in [6, 6.07) is 8.09. The third kappa shape index (κ3) is 4.94. The van der Waals surface area contributed by atoms with E-state index in [1.165, 1.54) is 18.9 Å². The summed E-state index contributed by atoms with van der Waals surface area (Å²) in [5, 5.41) is 2.82. The van der Waals surface area contributed by atoms with Crippen LogP contribution >= 0.6 is 23.4 Å². The fraction of sp³-hybridized carbons (Fsp3) is 0.333. The summed E-state index contributed by atoms with van der Waals surface area (Å²) in [6.07, 6.45) is -0.0680. The number of hydrogen-bond donors (Lipinski definition) is 1. The van der Waals surface area contributed by atoms with E-state index in [0.717, 1.165) is 10.5 Å². The lowest BCUT2D eigenvalue weighted by Gasteiger charge is -2.38. The minimum absolute atomic E-state index is 0.0411. The summed E-state index contributed by atoms with van der Waals surface area (Å²) < 4.78 is 10.3. The summed E-state index contributed by atoms with van der Waals surface area (Å²) in [7, 11) is 1.21. The van der Waals surface area contributed by atoms with Gasteiger partial charge in [0, 0.05) is 12.2 Å². The Kier molecular flexibility index (Phi) is 7.40. The lowest BCUT2D eigenvalue weighted by atomic mass is 9.99. The van der Waals surface area contributed by atoms with Gasteiger partial charge < -0.3 is 14.8 Å². The molecule has 1 atom stereocenters. The lowest BCUT2D eigenvalue weighted by Crippen LogP contribution is -2.53. The van der Waals surface area contributed by atoms with Gasteiger partial charge in [-0.05, 0) is 18.1 Å². The smallest absolute Gasteiger partial charge is 0.355 e. The molecule has 2 aliphatic rings. The Morgan fingerprint density at radius 1 is 1.23 bits per heavy atom. The van der Waals surface area contributed by atoms with E-state index < -0.39 is 29.8 Å². The number of amides is 2. The van der Waals surface area contributed by atoms with E-state index in [4.69, 9.17) is 21.1 Å². The SMILES string of the molecule is COC(=O)C1=C(C)CSC2=C(C(=O)OCc3ccccc3)CC(NC(=O)CCl)C(=O)N21. The van der Waals surface area contributed by atoms with Gasteiger partial charge in [-0.1, -0.05) is 30.3 Å². The van der Waals surface area contributed by atoms with E-state index in [1.807, 2.05) is 30.3 Å². The molecule has 2 amide bonds. The Morgan fingerprint density at radius 3 is 2.58 bits per heavy atom. The van der Waals surface area contributed by atoms with E-state index >= 15 is 0 Å². The number of carbonyl (C=O) groups excluding carboxylic acids is 4. The molecule has 164 valence electrons. The van der Waals surface area contributed by atoms with Crippen molar-refractivity contribution in [2.45, 2.75) is 26.0 Å². The van der Waals surface area contributed by atoms with Crippen LogP contribution in [0.5, 0.6) is 0 Å². The molecule has 0 aliphatic carbocycles. The van der Waals surface area contributed by atoms with Crippen LogP contribution in [0.1, 0.15) is 18.9 Å². The number of rotatable bonds is 6. The molecule has 0 fully saturated rings. The molecule has 2 heterocycles. The molecule has 1 N–H and O–H groups in total. The number of hydrogen-bond acceptors (Lipinski definition) is 7. The molecule has 31 heavy (non-hydrogen) atoms. The van der Waals surface area contributed by atoms with Crippen LogP contribution < -0.4 is 5.32 Å². The molecule has 0 saturated carbocycles. The van der Waals surface area contributed by atoms with Gasteiger partial charge >= 0.3 is 11.9 Å². The van der Waals surface area contributed by atoms with E-state index in [9.17, 15) is 19.2 Å². The average molecular weight is 465 g/mol. The Morgan fingerprint density at radius 2 is 1.94 bits per heavy atom. The minimum Gasteiger partial charge on any atom is -0.464 e. The van der Waals surface area contributed by atoms with Gasteiger partial charge in [0.1, 0.15) is 24.2 Å². The number of benzene rings is 1. The molecular formula is C21H21ClN2O6S. The fourth-order valence-electron chi connectivity index (χ4n) is 3.26. The first-order chi connectivity index (χ1) is 14.9. The fourth-order valence-corrected chi connectivity index (χ4v) is 4.48. The van der Waals surface area contributed by atoms with Gasteiger partial charge in [-0.25, -0.2) is 9.59 Å². The first-order valence-corrected chi connectivity index (χ1v) is 10.9. The maximum absolute atomic E-state index is 13.2. The molecule has 1 aromatic rings. The molecule has 8 nitrogen and oxygen atoms in total. The topological polar surface area (TPSA) is 102 Å². The molecule has 2 aliphatic heterocycles. The highest BCUT2D eigenvalue weighted by Gasteiger charge is 2.44. The van der Waals surface area contributed by atoms with Crippen molar-refractivity contribution in [2.24, 2.45) is 0 Å². The molecule has 1 aromatic carbocycles. The second-order valence-electron chi connectivity index (χ2n) is 6.89. The number of thioether (sulfide) groups is 1. The van der Waals surface area contributed by atoms with Crippen molar-refractivity contribution in [1.29, 1.82) is 0 Å². The molecule has 10 heteroatoms. The van der Waals surface area contributed by atoms with Gasteiger partial charge in [0.2, 0.25) is 5.91 Å². The van der Waals surface area contributed by atoms with E-state index in [-0.39, 0.29) is 30.2 Å². The molecule has 0 bridgehead atoms. The van der Waals surface area contributed by atoms with Crippen molar-refractivity contribution in [3.05, 3.63) is 57.8 Å². The molecule has 0 radical (unpaired) electrons. The van der Waals surface area contributed by atoms with Crippen molar-refractivity contribution in [3.8, 4) is 0 Å². The van der Waals surface area contributed by atoms with Gasteiger partial charge in [-0.15, -0.1) is 23.4 Å². The number of ether oxygens (including phenoxy) is 2. The zero-order valence-electron chi connectivity index (χ0n) is 17.0. The maximum Gasteiger partial charge on any atom is 0.355 e.